The Balaban J connectivity index is 1.47. The number of hydrogen-bond acceptors (Lipinski definition) is 4. The van der Waals surface area contributed by atoms with E-state index in [1.807, 2.05) is 56.3 Å². The first-order valence-corrected chi connectivity index (χ1v) is 10.2. The third-order valence-electron chi connectivity index (χ3n) is 4.43. The first-order valence-electron chi connectivity index (χ1n) is 8.49. The van der Waals surface area contributed by atoms with Crippen molar-refractivity contribution >= 4 is 44.1 Å². The molecular weight excluding hydrogens is 424 g/mol. The van der Waals surface area contributed by atoms with Crippen LogP contribution in [-0.2, 0) is 6.54 Å². The lowest BCUT2D eigenvalue weighted by Gasteiger charge is -2.05. The van der Waals surface area contributed by atoms with Crippen molar-refractivity contribution in [1.82, 2.24) is 10.3 Å². The predicted octanol–water partition coefficient (Wildman–Crippen LogP) is 5.87. The summed E-state index contributed by atoms with van der Waals surface area (Å²) in [5.41, 5.74) is 4.64. The number of furan rings is 1. The van der Waals surface area contributed by atoms with Crippen molar-refractivity contribution in [3.05, 3.63) is 74.2 Å². The molecule has 4 nitrogen and oxygen atoms in total. The summed E-state index contributed by atoms with van der Waals surface area (Å²) in [5.74, 6) is 0.150. The second-order valence-corrected chi connectivity index (χ2v) is 8.31. The highest BCUT2D eigenvalue weighted by atomic mass is 79.9. The number of nitrogens with zero attached hydrogens (tertiary/aromatic N) is 1. The monoisotopic (exact) mass is 440 g/mol. The molecule has 0 saturated heterocycles. The summed E-state index contributed by atoms with van der Waals surface area (Å²) in [6.07, 6.45) is 0. The lowest BCUT2D eigenvalue weighted by molar-refractivity contribution is 0.0924. The Labute approximate surface area is 169 Å². The molecule has 1 amide bonds. The number of halogens is 1. The number of benzene rings is 2. The minimum atomic E-state index is -0.209. The fourth-order valence-corrected chi connectivity index (χ4v) is 3.94. The lowest BCUT2D eigenvalue weighted by Crippen LogP contribution is -2.22. The Bertz CT molecular complexity index is 1130. The lowest BCUT2D eigenvalue weighted by atomic mass is 10.1. The number of rotatable bonds is 4. The fraction of sp³-hybridized carbons (Fsp3) is 0.143. The average Bonchev–Trinajstić information content (AvgIpc) is 3.24. The van der Waals surface area contributed by atoms with E-state index in [2.05, 4.69) is 31.6 Å². The smallest absolute Gasteiger partial charge is 0.287 e. The second-order valence-electron chi connectivity index (χ2n) is 6.33. The topological polar surface area (TPSA) is 55.1 Å². The van der Waals surface area contributed by atoms with E-state index in [9.17, 15) is 4.79 Å². The maximum atomic E-state index is 12.6. The molecule has 2 heterocycles. The van der Waals surface area contributed by atoms with Gasteiger partial charge in [-0.1, -0.05) is 40.2 Å². The highest BCUT2D eigenvalue weighted by Crippen LogP contribution is 2.28. The van der Waals surface area contributed by atoms with Gasteiger partial charge in [0.25, 0.3) is 5.91 Å². The van der Waals surface area contributed by atoms with Gasteiger partial charge in [0.1, 0.15) is 5.58 Å². The van der Waals surface area contributed by atoms with Crippen LogP contribution >= 0.6 is 27.3 Å². The Morgan fingerprint density at radius 3 is 2.67 bits per heavy atom. The van der Waals surface area contributed by atoms with E-state index in [0.717, 1.165) is 37.3 Å². The molecule has 0 spiro atoms. The molecule has 0 saturated carbocycles. The van der Waals surface area contributed by atoms with Gasteiger partial charge in [-0.3, -0.25) is 4.79 Å². The van der Waals surface area contributed by atoms with E-state index in [1.165, 1.54) is 0 Å². The van der Waals surface area contributed by atoms with E-state index in [4.69, 9.17) is 4.42 Å². The highest BCUT2D eigenvalue weighted by Gasteiger charge is 2.17. The van der Waals surface area contributed by atoms with Gasteiger partial charge < -0.3 is 9.73 Å². The van der Waals surface area contributed by atoms with Crippen molar-refractivity contribution in [3.63, 3.8) is 0 Å². The van der Waals surface area contributed by atoms with Crippen LogP contribution in [0.1, 0.15) is 26.7 Å². The fourth-order valence-electron chi connectivity index (χ4n) is 2.96. The summed E-state index contributed by atoms with van der Waals surface area (Å²) < 4.78 is 6.70. The SMILES string of the molecule is Cc1nc(-c2ccc(CNC(=O)c3oc4ccc(Br)cc4c3C)cc2)cs1. The summed E-state index contributed by atoms with van der Waals surface area (Å²) in [4.78, 5) is 17.1. The molecule has 2 aromatic heterocycles. The molecule has 136 valence electrons. The van der Waals surface area contributed by atoms with Gasteiger partial charge in [0.15, 0.2) is 5.76 Å². The summed E-state index contributed by atoms with van der Waals surface area (Å²) in [7, 11) is 0. The maximum absolute atomic E-state index is 12.6. The number of carbonyl (C=O) groups is 1. The normalized spacial score (nSPS) is 11.1. The molecule has 27 heavy (non-hydrogen) atoms. The Morgan fingerprint density at radius 1 is 1.19 bits per heavy atom. The third kappa shape index (κ3) is 3.68. The molecule has 4 aromatic rings. The van der Waals surface area contributed by atoms with Gasteiger partial charge in [-0.25, -0.2) is 4.98 Å². The summed E-state index contributed by atoms with van der Waals surface area (Å²) in [5, 5.41) is 6.98. The van der Waals surface area contributed by atoms with E-state index >= 15 is 0 Å². The molecule has 0 aliphatic heterocycles. The number of hydrogen-bond donors (Lipinski definition) is 1. The van der Waals surface area contributed by atoms with E-state index in [-0.39, 0.29) is 5.91 Å². The van der Waals surface area contributed by atoms with Gasteiger partial charge in [-0.05, 0) is 37.6 Å². The van der Waals surface area contributed by atoms with Crippen molar-refractivity contribution in [1.29, 1.82) is 0 Å². The van der Waals surface area contributed by atoms with Crippen molar-refractivity contribution in [2.24, 2.45) is 0 Å². The third-order valence-corrected chi connectivity index (χ3v) is 5.69. The molecule has 0 atom stereocenters. The highest BCUT2D eigenvalue weighted by molar-refractivity contribution is 9.10. The molecule has 2 aromatic carbocycles. The molecule has 6 heteroatoms. The van der Waals surface area contributed by atoms with Crippen molar-refractivity contribution < 1.29 is 9.21 Å². The van der Waals surface area contributed by atoms with Gasteiger partial charge in [-0.2, -0.15) is 0 Å². The van der Waals surface area contributed by atoms with Crippen molar-refractivity contribution in [2.45, 2.75) is 20.4 Å². The minimum Gasteiger partial charge on any atom is -0.451 e. The van der Waals surface area contributed by atoms with Crippen LogP contribution in [0, 0.1) is 13.8 Å². The quantitative estimate of drug-likeness (QED) is 0.431. The molecule has 0 aliphatic rings. The van der Waals surface area contributed by atoms with Gasteiger partial charge in [0.05, 0.1) is 10.7 Å². The van der Waals surface area contributed by atoms with Gasteiger partial charge >= 0.3 is 0 Å². The summed E-state index contributed by atoms with van der Waals surface area (Å²) in [6, 6.07) is 13.8. The predicted molar refractivity (Wildman–Crippen MR) is 112 cm³/mol. The molecule has 0 aliphatic carbocycles. The van der Waals surface area contributed by atoms with Crippen LogP contribution in [0.4, 0.5) is 0 Å². The zero-order valence-electron chi connectivity index (χ0n) is 14.9. The number of thiazole rings is 1. The zero-order valence-corrected chi connectivity index (χ0v) is 17.3. The number of nitrogens with one attached hydrogen (secondary N) is 1. The summed E-state index contributed by atoms with van der Waals surface area (Å²) >= 11 is 5.09. The molecule has 0 bridgehead atoms. The van der Waals surface area contributed by atoms with Crippen LogP contribution in [0.2, 0.25) is 0 Å². The number of aryl methyl sites for hydroxylation is 2. The van der Waals surface area contributed by atoms with E-state index in [0.29, 0.717) is 17.9 Å². The molecule has 0 radical (unpaired) electrons. The number of carbonyl (C=O) groups excluding carboxylic acids is 1. The standard InChI is InChI=1S/C21H17BrN2O2S/c1-12-17-9-16(22)7-8-19(17)26-20(12)21(25)23-10-14-3-5-15(6-4-14)18-11-27-13(2)24-18/h3-9,11H,10H2,1-2H3,(H,23,25). The van der Waals surface area contributed by atoms with Crippen LogP contribution < -0.4 is 5.32 Å². The second kappa shape index (κ2) is 7.29. The Hall–Kier alpha value is -2.44. The number of fused-ring (bicyclic) bond motifs is 1. The molecule has 0 fully saturated rings. The number of aromatic nitrogens is 1. The summed E-state index contributed by atoms with van der Waals surface area (Å²) in [6.45, 7) is 4.34. The van der Waals surface area contributed by atoms with E-state index in [1.54, 1.807) is 11.3 Å². The van der Waals surface area contributed by atoms with Crippen LogP contribution in [0.3, 0.4) is 0 Å². The minimum absolute atomic E-state index is 0.209. The molecular formula is C21H17BrN2O2S. The number of amides is 1. The average molecular weight is 441 g/mol. The van der Waals surface area contributed by atoms with E-state index < -0.39 is 0 Å². The van der Waals surface area contributed by atoms with Gasteiger partial charge in [0, 0.05) is 32.9 Å². The molecule has 1 N–H and O–H groups in total. The van der Waals surface area contributed by atoms with Crippen LogP contribution in [-0.4, -0.2) is 10.9 Å². The van der Waals surface area contributed by atoms with Crippen LogP contribution in [0.15, 0.2) is 56.7 Å². The van der Waals surface area contributed by atoms with Crippen LogP contribution in [0.5, 0.6) is 0 Å². The Morgan fingerprint density at radius 2 is 1.96 bits per heavy atom. The molecule has 0 unspecified atom stereocenters. The van der Waals surface area contributed by atoms with Crippen LogP contribution in [0.25, 0.3) is 22.2 Å². The first-order chi connectivity index (χ1) is 13.0. The molecule has 4 rings (SSSR count). The van der Waals surface area contributed by atoms with Gasteiger partial charge in [0.2, 0.25) is 0 Å². The first kappa shape index (κ1) is 17.9. The van der Waals surface area contributed by atoms with Crippen molar-refractivity contribution in [2.75, 3.05) is 0 Å². The van der Waals surface area contributed by atoms with Gasteiger partial charge in [-0.15, -0.1) is 11.3 Å². The maximum Gasteiger partial charge on any atom is 0.287 e. The largest absolute Gasteiger partial charge is 0.451 e. The van der Waals surface area contributed by atoms with Crippen molar-refractivity contribution in [3.8, 4) is 11.3 Å². The Kier molecular flexibility index (Phi) is 4.85. The zero-order chi connectivity index (χ0) is 19.0.